The lowest BCUT2D eigenvalue weighted by Gasteiger charge is -2.28. The van der Waals surface area contributed by atoms with E-state index in [1.54, 1.807) is 18.2 Å². The van der Waals surface area contributed by atoms with Gasteiger partial charge >= 0.3 is 6.09 Å². The van der Waals surface area contributed by atoms with Crippen LogP contribution in [0.2, 0.25) is 0 Å². The fraction of sp³-hybridized carbons (Fsp3) is 0.235. The Labute approximate surface area is 246 Å². The van der Waals surface area contributed by atoms with Gasteiger partial charge in [-0.25, -0.2) is 4.79 Å². The maximum absolute atomic E-state index is 13.3. The Morgan fingerprint density at radius 1 is 0.786 bits per heavy atom. The summed E-state index contributed by atoms with van der Waals surface area (Å²) in [7, 11) is 1.49. The van der Waals surface area contributed by atoms with Crippen molar-refractivity contribution >= 4 is 17.7 Å². The summed E-state index contributed by atoms with van der Waals surface area (Å²) in [4.78, 5) is 26.1. The third kappa shape index (κ3) is 9.11. The van der Waals surface area contributed by atoms with Crippen LogP contribution in [0.25, 0.3) is 0 Å². The molecule has 0 bridgehead atoms. The topological polar surface area (TPSA) is 123 Å². The van der Waals surface area contributed by atoms with Crippen molar-refractivity contribution in [2.75, 3.05) is 12.8 Å². The van der Waals surface area contributed by atoms with Gasteiger partial charge in [0.05, 0.1) is 24.9 Å². The first-order valence-corrected chi connectivity index (χ1v) is 13.9. The molecule has 0 spiro atoms. The summed E-state index contributed by atoms with van der Waals surface area (Å²) in [6, 6.07) is 32.4. The van der Waals surface area contributed by atoms with E-state index >= 15 is 0 Å². The molecule has 8 heteroatoms. The van der Waals surface area contributed by atoms with Gasteiger partial charge in [-0.2, -0.15) is 0 Å². The lowest BCUT2D eigenvalue weighted by molar-refractivity contribution is 0.0813. The zero-order valence-electron chi connectivity index (χ0n) is 23.6. The zero-order valence-corrected chi connectivity index (χ0v) is 23.6. The van der Waals surface area contributed by atoms with E-state index in [1.807, 2.05) is 91.0 Å². The Morgan fingerprint density at radius 2 is 1.36 bits per heavy atom. The van der Waals surface area contributed by atoms with Crippen LogP contribution in [0, 0.1) is 0 Å². The van der Waals surface area contributed by atoms with Crippen molar-refractivity contribution < 1.29 is 24.2 Å². The summed E-state index contributed by atoms with van der Waals surface area (Å²) < 4.78 is 10.7. The highest BCUT2D eigenvalue weighted by atomic mass is 16.5. The first kappa shape index (κ1) is 30.1. The molecule has 2 amide bonds. The molecule has 0 aromatic heterocycles. The molecule has 3 atom stereocenters. The summed E-state index contributed by atoms with van der Waals surface area (Å²) in [5, 5.41) is 17.4. The van der Waals surface area contributed by atoms with E-state index in [0.29, 0.717) is 29.8 Å². The molecule has 0 aliphatic rings. The quantitative estimate of drug-likeness (QED) is 0.170. The molecule has 4 aromatic rings. The summed E-state index contributed by atoms with van der Waals surface area (Å²) in [6.07, 6.45) is -0.583. The number of ether oxygens (including phenoxy) is 2. The predicted octanol–water partition coefficient (Wildman–Crippen LogP) is 4.91. The van der Waals surface area contributed by atoms with Crippen molar-refractivity contribution in [1.82, 2.24) is 10.6 Å². The number of carbonyl (C=O) groups excluding carboxylic acids is 2. The zero-order chi connectivity index (χ0) is 29.7. The standard InChI is InChI=1S/C34H37N3O5/c1-41-32-21-27(17-18-29(32)35)33(39)36-28(19-24-11-5-2-6-12-24)22-31(38)30(20-25-13-7-3-8-14-25)37-34(40)42-23-26-15-9-4-10-16-26/h2-18,21,28,30-31,38H,19-20,22-23,35H2,1H3,(H,36,39)(H,37,40)/t28-,30-,31-/m0/s1. The van der Waals surface area contributed by atoms with Crippen LogP contribution >= 0.6 is 0 Å². The number of nitrogens with two attached hydrogens (primary N) is 1. The Kier molecular flexibility index (Phi) is 10.9. The van der Waals surface area contributed by atoms with Crippen LogP contribution in [0.1, 0.15) is 33.5 Å². The lowest BCUT2D eigenvalue weighted by atomic mass is 9.93. The number of anilines is 1. The largest absolute Gasteiger partial charge is 0.495 e. The minimum Gasteiger partial charge on any atom is -0.495 e. The van der Waals surface area contributed by atoms with Crippen LogP contribution in [0.15, 0.2) is 109 Å². The van der Waals surface area contributed by atoms with E-state index in [1.165, 1.54) is 7.11 Å². The number of alkyl carbamates (subject to hydrolysis) is 1. The minimum atomic E-state index is -0.996. The highest BCUT2D eigenvalue weighted by Crippen LogP contribution is 2.22. The normalized spacial score (nSPS) is 12.9. The maximum atomic E-state index is 13.3. The van der Waals surface area contributed by atoms with Gasteiger partial charge in [0.2, 0.25) is 0 Å². The van der Waals surface area contributed by atoms with Crippen LogP contribution in [0.4, 0.5) is 10.5 Å². The number of rotatable bonds is 13. The molecule has 8 nitrogen and oxygen atoms in total. The van der Waals surface area contributed by atoms with Crippen molar-refractivity contribution in [3.63, 3.8) is 0 Å². The number of nitrogens with one attached hydrogen (secondary N) is 2. The third-order valence-electron chi connectivity index (χ3n) is 6.96. The molecule has 4 aromatic carbocycles. The van der Waals surface area contributed by atoms with Gasteiger partial charge in [-0.05, 0) is 54.2 Å². The van der Waals surface area contributed by atoms with Gasteiger partial charge in [0.15, 0.2) is 0 Å². The molecule has 42 heavy (non-hydrogen) atoms. The van der Waals surface area contributed by atoms with Gasteiger partial charge in [0.25, 0.3) is 5.91 Å². The van der Waals surface area contributed by atoms with E-state index in [-0.39, 0.29) is 18.9 Å². The monoisotopic (exact) mass is 567 g/mol. The first-order valence-electron chi connectivity index (χ1n) is 13.9. The number of methoxy groups -OCH3 is 1. The van der Waals surface area contributed by atoms with Crippen molar-refractivity contribution in [1.29, 1.82) is 0 Å². The molecule has 0 saturated carbocycles. The van der Waals surface area contributed by atoms with Crippen molar-refractivity contribution in [2.24, 2.45) is 0 Å². The molecule has 0 aliphatic carbocycles. The molecule has 0 fully saturated rings. The van der Waals surface area contributed by atoms with Gasteiger partial charge in [0, 0.05) is 11.6 Å². The fourth-order valence-corrected chi connectivity index (χ4v) is 4.74. The smallest absolute Gasteiger partial charge is 0.407 e. The number of aliphatic hydroxyl groups excluding tert-OH is 1. The molecule has 0 saturated heterocycles. The van der Waals surface area contributed by atoms with Gasteiger partial charge in [0.1, 0.15) is 12.4 Å². The van der Waals surface area contributed by atoms with E-state index < -0.39 is 24.3 Å². The molecule has 5 N–H and O–H groups in total. The molecule has 0 heterocycles. The molecule has 218 valence electrons. The maximum Gasteiger partial charge on any atom is 0.407 e. The third-order valence-corrected chi connectivity index (χ3v) is 6.96. The average Bonchev–Trinajstić information content (AvgIpc) is 3.01. The Balaban J connectivity index is 1.50. The number of aliphatic hydroxyl groups is 1. The minimum absolute atomic E-state index is 0.110. The van der Waals surface area contributed by atoms with Crippen LogP contribution in [-0.4, -0.2) is 42.4 Å². The van der Waals surface area contributed by atoms with Crippen LogP contribution in [-0.2, 0) is 24.2 Å². The van der Waals surface area contributed by atoms with Crippen molar-refractivity contribution in [2.45, 2.75) is 44.1 Å². The summed E-state index contributed by atoms with van der Waals surface area (Å²) in [6.45, 7) is 0.110. The molecular weight excluding hydrogens is 530 g/mol. The number of hydrogen-bond donors (Lipinski definition) is 4. The number of nitrogen functional groups attached to an aromatic ring is 1. The Morgan fingerprint density at radius 3 is 1.95 bits per heavy atom. The second-order valence-corrected chi connectivity index (χ2v) is 10.1. The highest BCUT2D eigenvalue weighted by Gasteiger charge is 2.27. The first-order chi connectivity index (χ1) is 20.4. The summed E-state index contributed by atoms with van der Waals surface area (Å²) in [5.41, 5.74) is 9.55. The number of amides is 2. The van der Waals surface area contributed by atoms with Gasteiger partial charge in [-0.15, -0.1) is 0 Å². The van der Waals surface area contributed by atoms with Crippen LogP contribution < -0.4 is 21.1 Å². The van der Waals surface area contributed by atoms with E-state index in [4.69, 9.17) is 15.2 Å². The second-order valence-electron chi connectivity index (χ2n) is 10.1. The lowest BCUT2D eigenvalue weighted by Crippen LogP contribution is -2.48. The van der Waals surface area contributed by atoms with Crippen LogP contribution in [0.5, 0.6) is 5.75 Å². The van der Waals surface area contributed by atoms with Gasteiger partial charge < -0.3 is 30.9 Å². The van der Waals surface area contributed by atoms with Gasteiger partial charge in [-0.1, -0.05) is 91.0 Å². The Bertz CT molecular complexity index is 1420. The van der Waals surface area contributed by atoms with Gasteiger partial charge in [-0.3, -0.25) is 4.79 Å². The number of carbonyl (C=O) groups is 2. The molecule has 0 unspecified atom stereocenters. The molecule has 4 rings (SSSR count). The summed E-state index contributed by atoms with van der Waals surface area (Å²) >= 11 is 0. The average molecular weight is 568 g/mol. The second kappa shape index (κ2) is 15.3. The summed E-state index contributed by atoms with van der Waals surface area (Å²) in [5.74, 6) is 0.0831. The van der Waals surface area contributed by atoms with Crippen LogP contribution in [0.3, 0.4) is 0 Å². The van der Waals surface area contributed by atoms with E-state index in [2.05, 4.69) is 10.6 Å². The predicted molar refractivity (Wildman–Crippen MR) is 163 cm³/mol. The Hall–Kier alpha value is -4.82. The molecular formula is C34H37N3O5. The molecule has 0 radical (unpaired) electrons. The SMILES string of the molecule is COc1cc(C(=O)N[C@@H](Cc2ccccc2)C[C@H](O)[C@H](Cc2ccccc2)NC(=O)OCc2ccccc2)ccc1N. The van der Waals surface area contributed by atoms with Crippen molar-refractivity contribution in [3.8, 4) is 5.75 Å². The van der Waals surface area contributed by atoms with E-state index in [9.17, 15) is 14.7 Å². The fourth-order valence-electron chi connectivity index (χ4n) is 4.74. The number of hydrogen-bond acceptors (Lipinski definition) is 6. The van der Waals surface area contributed by atoms with Crippen molar-refractivity contribution in [3.05, 3.63) is 131 Å². The van der Waals surface area contributed by atoms with E-state index in [0.717, 1.165) is 16.7 Å². The molecule has 0 aliphatic heterocycles. The number of benzene rings is 4. The highest BCUT2D eigenvalue weighted by molar-refractivity contribution is 5.95.